The molecule has 3 N–H and O–H groups in total. The van der Waals surface area contributed by atoms with E-state index in [9.17, 15) is 0 Å². The number of aryl methyl sites for hydroxylation is 1. The molecule has 0 aliphatic rings. The van der Waals surface area contributed by atoms with E-state index in [1.807, 2.05) is 0 Å². The number of likely N-dealkylation sites (N-methyl/N-ethyl adjacent to an activating group) is 1. The van der Waals surface area contributed by atoms with Crippen molar-refractivity contribution < 1.29 is 0 Å². The van der Waals surface area contributed by atoms with Crippen LogP contribution in [-0.2, 0) is 0 Å². The van der Waals surface area contributed by atoms with Gasteiger partial charge in [-0.05, 0) is 30.7 Å². The summed E-state index contributed by atoms with van der Waals surface area (Å²) in [4.78, 5) is 0. The molecule has 1 aromatic carbocycles. The van der Waals surface area contributed by atoms with Crippen LogP contribution in [-0.4, -0.2) is 13.1 Å². The van der Waals surface area contributed by atoms with Crippen molar-refractivity contribution in [3.05, 3.63) is 33.8 Å². The summed E-state index contributed by atoms with van der Waals surface area (Å²) in [5, 5.41) is 3.35. The normalized spacial score (nSPS) is 12.9. The molecule has 78 valence electrons. The highest BCUT2D eigenvalue weighted by Gasteiger charge is 2.08. The first-order valence-electron chi connectivity index (χ1n) is 4.88. The van der Waals surface area contributed by atoms with E-state index in [1.165, 1.54) is 11.1 Å². The minimum absolute atomic E-state index is 0.261. The Morgan fingerprint density at radius 2 is 2.21 bits per heavy atom. The van der Waals surface area contributed by atoms with Crippen LogP contribution in [0, 0.1) is 6.92 Å². The number of hydrogen-bond donors (Lipinski definition) is 2. The molecule has 0 saturated carbocycles. The van der Waals surface area contributed by atoms with Gasteiger partial charge < -0.3 is 11.1 Å². The molecule has 0 aromatic heterocycles. The van der Waals surface area contributed by atoms with Gasteiger partial charge in [0.15, 0.2) is 0 Å². The lowest BCUT2D eigenvalue weighted by molar-refractivity contribution is 0.561. The van der Waals surface area contributed by atoms with E-state index in [-0.39, 0.29) is 6.04 Å². The Morgan fingerprint density at radius 3 is 2.71 bits per heavy atom. The molecule has 0 aliphatic carbocycles. The third kappa shape index (κ3) is 2.80. The lowest BCUT2D eigenvalue weighted by atomic mass is 10.1. The maximum atomic E-state index is 5.70. The SMILES string of the molecule is CCNC(CN)c1ccc(C)c(Br)c1. The van der Waals surface area contributed by atoms with Gasteiger partial charge in [-0.2, -0.15) is 0 Å². The van der Waals surface area contributed by atoms with E-state index in [0.29, 0.717) is 6.54 Å². The average Bonchev–Trinajstić information content (AvgIpc) is 2.19. The van der Waals surface area contributed by atoms with Gasteiger partial charge in [0.2, 0.25) is 0 Å². The van der Waals surface area contributed by atoms with Crippen LogP contribution in [0.15, 0.2) is 22.7 Å². The number of rotatable bonds is 4. The second-order valence-corrected chi connectivity index (χ2v) is 4.21. The first-order valence-corrected chi connectivity index (χ1v) is 5.67. The van der Waals surface area contributed by atoms with Crippen molar-refractivity contribution in [3.8, 4) is 0 Å². The van der Waals surface area contributed by atoms with Crippen molar-refractivity contribution in [2.75, 3.05) is 13.1 Å². The monoisotopic (exact) mass is 256 g/mol. The van der Waals surface area contributed by atoms with Crippen LogP contribution in [0.2, 0.25) is 0 Å². The van der Waals surface area contributed by atoms with Crippen LogP contribution in [0.25, 0.3) is 0 Å². The molecular formula is C11H17BrN2. The van der Waals surface area contributed by atoms with Crippen molar-refractivity contribution >= 4 is 15.9 Å². The van der Waals surface area contributed by atoms with Crippen LogP contribution in [0.5, 0.6) is 0 Å². The van der Waals surface area contributed by atoms with Crippen molar-refractivity contribution in [2.24, 2.45) is 5.73 Å². The van der Waals surface area contributed by atoms with E-state index in [1.54, 1.807) is 0 Å². The highest BCUT2D eigenvalue weighted by atomic mass is 79.9. The van der Waals surface area contributed by atoms with Crippen LogP contribution < -0.4 is 11.1 Å². The van der Waals surface area contributed by atoms with Gasteiger partial charge >= 0.3 is 0 Å². The van der Waals surface area contributed by atoms with Crippen molar-refractivity contribution in [1.82, 2.24) is 5.32 Å². The van der Waals surface area contributed by atoms with Crippen molar-refractivity contribution in [1.29, 1.82) is 0 Å². The second kappa shape index (κ2) is 5.49. The summed E-state index contributed by atoms with van der Waals surface area (Å²) in [5.41, 5.74) is 8.19. The molecular weight excluding hydrogens is 240 g/mol. The molecule has 0 radical (unpaired) electrons. The molecule has 1 unspecified atom stereocenters. The Bertz CT molecular complexity index is 299. The maximum Gasteiger partial charge on any atom is 0.0444 e. The zero-order chi connectivity index (χ0) is 10.6. The lowest BCUT2D eigenvalue weighted by Gasteiger charge is -2.16. The summed E-state index contributed by atoms with van der Waals surface area (Å²) < 4.78 is 1.14. The van der Waals surface area contributed by atoms with Gasteiger partial charge in [0, 0.05) is 17.1 Å². The highest BCUT2D eigenvalue weighted by Crippen LogP contribution is 2.21. The minimum Gasteiger partial charge on any atom is -0.329 e. The summed E-state index contributed by atoms with van der Waals surface area (Å²) in [7, 11) is 0. The molecule has 2 nitrogen and oxygen atoms in total. The Kier molecular flexibility index (Phi) is 4.58. The fraction of sp³-hybridized carbons (Fsp3) is 0.455. The Labute approximate surface area is 94.0 Å². The topological polar surface area (TPSA) is 38.0 Å². The van der Waals surface area contributed by atoms with Crippen LogP contribution in [0.3, 0.4) is 0 Å². The van der Waals surface area contributed by atoms with Crippen LogP contribution in [0.1, 0.15) is 24.1 Å². The highest BCUT2D eigenvalue weighted by molar-refractivity contribution is 9.10. The second-order valence-electron chi connectivity index (χ2n) is 3.35. The molecule has 1 aromatic rings. The van der Waals surface area contributed by atoms with E-state index in [2.05, 4.69) is 53.3 Å². The fourth-order valence-electron chi connectivity index (χ4n) is 1.41. The van der Waals surface area contributed by atoms with E-state index < -0.39 is 0 Å². The number of nitrogens with two attached hydrogens (primary N) is 1. The van der Waals surface area contributed by atoms with Gasteiger partial charge in [-0.3, -0.25) is 0 Å². The largest absolute Gasteiger partial charge is 0.329 e. The van der Waals surface area contributed by atoms with Crippen molar-refractivity contribution in [2.45, 2.75) is 19.9 Å². The Hall–Kier alpha value is -0.380. The van der Waals surface area contributed by atoms with Gasteiger partial charge in [-0.1, -0.05) is 35.0 Å². The molecule has 0 heterocycles. The van der Waals surface area contributed by atoms with E-state index in [0.717, 1.165) is 11.0 Å². The molecule has 1 rings (SSSR count). The summed E-state index contributed by atoms with van der Waals surface area (Å²) >= 11 is 3.53. The molecule has 1 atom stereocenters. The molecule has 0 bridgehead atoms. The molecule has 14 heavy (non-hydrogen) atoms. The van der Waals surface area contributed by atoms with Gasteiger partial charge in [-0.25, -0.2) is 0 Å². The molecule has 0 aliphatic heterocycles. The molecule has 0 saturated heterocycles. The maximum absolute atomic E-state index is 5.70. The first-order chi connectivity index (χ1) is 6.69. The van der Waals surface area contributed by atoms with Crippen molar-refractivity contribution in [3.63, 3.8) is 0 Å². The van der Waals surface area contributed by atoms with Gasteiger partial charge in [-0.15, -0.1) is 0 Å². The third-order valence-electron chi connectivity index (χ3n) is 2.28. The van der Waals surface area contributed by atoms with E-state index in [4.69, 9.17) is 5.73 Å². The van der Waals surface area contributed by atoms with Gasteiger partial charge in [0.1, 0.15) is 0 Å². The third-order valence-corrected chi connectivity index (χ3v) is 3.14. The number of benzene rings is 1. The summed E-state index contributed by atoms with van der Waals surface area (Å²) in [6, 6.07) is 6.63. The molecule has 3 heteroatoms. The number of halogens is 1. The summed E-state index contributed by atoms with van der Waals surface area (Å²) in [6.07, 6.45) is 0. The van der Waals surface area contributed by atoms with Gasteiger partial charge in [0.05, 0.1) is 0 Å². The minimum atomic E-state index is 0.261. The number of nitrogens with one attached hydrogen (secondary N) is 1. The van der Waals surface area contributed by atoms with E-state index >= 15 is 0 Å². The number of hydrogen-bond acceptors (Lipinski definition) is 2. The van der Waals surface area contributed by atoms with Crippen LogP contribution in [0.4, 0.5) is 0 Å². The zero-order valence-electron chi connectivity index (χ0n) is 8.68. The Morgan fingerprint density at radius 1 is 1.50 bits per heavy atom. The zero-order valence-corrected chi connectivity index (χ0v) is 10.3. The summed E-state index contributed by atoms with van der Waals surface area (Å²) in [6.45, 7) is 5.74. The lowest BCUT2D eigenvalue weighted by Crippen LogP contribution is -2.27. The fourth-order valence-corrected chi connectivity index (χ4v) is 1.81. The first kappa shape index (κ1) is 11.7. The summed E-state index contributed by atoms with van der Waals surface area (Å²) in [5.74, 6) is 0. The quantitative estimate of drug-likeness (QED) is 0.869. The van der Waals surface area contributed by atoms with Gasteiger partial charge in [0.25, 0.3) is 0 Å². The smallest absolute Gasteiger partial charge is 0.0444 e. The molecule has 0 spiro atoms. The predicted octanol–water partition coefficient (Wildman–Crippen LogP) is 2.37. The molecule has 0 fully saturated rings. The Balaban J connectivity index is 2.88. The standard InChI is InChI=1S/C11H17BrN2/c1-3-14-11(7-13)9-5-4-8(2)10(12)6-9/h4-6,11,14H,3,7,13H2,1-2H3. The predicted molar refractivity (Wildman–Crippen MR) is 64.4 cm³/mol. The molecule has 0 amide bonds. The van der Waals surface area contributed by atoms with Crippen LogP contribution >= 0.6 is 15.9 Å². The average molecular weight is 257 g/mol.